The fourth-order valence-corrected chi connectivity index (χ4v) is 3.06. The second-order valence-corrected chi connectivity index (χ2v) is 5.69. The van der Waals surface area contributed by atoms with Gasteiger partial charge in [-0.1, -0.05) is 43.5 Å². The van der Waals surface area contributed by atoms with Gasteiger partial charge in [-0.15, -0.1) is 0 Å². The van der Waals surface area contributed by atoms with Crippen molar-refractivity contribution in [1.29, 1.82) is 5.26 Å². The lowest BCUT2D eigenvalue weighted by Crippen LogP contribution is -2.37. The van der Waals surface area contributed by atoms with E-state index in [2.05, 4.69) is 10.3 Å². The Hall–Kier alpha value is -2.61. The van der Waals surface area contributed by atoms with Crippen LogP contribution in [0.25, 0.3) is 5.70 Å². The summed E-state index contributed by atoms with van der Waals surface area (Å²) in [7, 11) is 0. The van der Waals surface area contributed by atoms with E-state index in [1.807, 2.05) is 30.3 Å². The summed E-state index contributed by atoms with van der Waals surface area (Å²) < 4.78 is 0. The van der Waals surface area contributed by atoms with Gasteiger partial charge in [0.15, 0.2) is 0 Å². The molecule has 0 aromatic heterocycles. The number of carbonyl (C=O) groups is 1. The van der Waals surface area contributed by atoms with Crippen molar-refractivity contribution in [2.45, 2.75) is 38.1 Å². The highest BCUT2D eigenvalue weighted by molar-refractivity contribution is 6.14. The summed E-state index contributed by atoms with van der Waals surface area (Å²) in [5, 5.41) is 12.4. The summed E-state index contributed by atoms with van der Waals surface area (Å²) in [6.45, 7) is 0. The maximum absolute atomic E-state index is 12.4. The molecular formula is C17H18N4O. The Bertz CT molecular complexity index is 706. The second kappa shape index (κ2) is 6.02. The standard InChI is InChI=1S/C17H18N4O/c18-10-14(17(22)20-11-6-2-1-3-7-11)15-12-8-4-5-9-13(12)16(19)21-15/h4-5,8-9,11H,1-3,6-7H2,(H2,19,21)(H,20,22)/b15-14+. The van der Waals surface area contributed by atoms with Crippen LogP contribution in [0.2, 0.25) is 0 Å². The molecule has 3 rings (SSSR count). The summed E-state index contributed by atoms with van der Waals surface area (Å²) in [6, 6.07) is 9.54. The Kier molecular flexibility index (Phi) is 3.92. The molecule has 1 aliphatic carbocycles. The van der Waals surface area contributed by atoms with Crippen molar-refractivity contribution in [1.82, 2.24) is 5.32 Å². The first-order valence-corrected chi connectivity index (χ1v) is 7.60. The van der Waals surface area contributed by atoms with Crippen LogP contribution < -0.4 is 11.1 Å². The number of hydrogen-bond acceptors (Lipinski definition) is 4. The van der Waals surface area contributed by atoms with E-state index < -0.39 is 0 Å². The Morgan fingerprint density at radius 3 is 2.59 bits per heavy atom. The molecule has 22 heavy (non-hydrogen) atoms. The summed E-state index contributed by atoms with van der Waals surface area (Å²) in [4.78, 5) is 16.7. The van der Waals surface area contributed by atoms with Gasteiger partial charge in [0.05, 0.1) is 5.70 Å². The number of carbonyl (C=O) groups excluding carboxylic acids is 1. The zero-order chi connectivity index (χ0) is 15.5. The van der Waals surface area contributed by atoms with E-state index in [4.69, 9.17) is 5.73 Å². The van der Waals surface area contributed by atoms with Crippen LogP contribution in [0.15, 0.2) is 34.8 Å². The third kappa shape index (κ3) is 2.60. The summed E-state index contributed by atoms with van der Waals surface area (Å²) >= 11 is 0. The zero-order valence-electron chi connectivity index (χ0n) is 12.3. The van der Waals surface area contributed by atoms with Gasteiger partial charge in [0, 0.05) is 17.2 Å². The minimum atomic E-state index is -0.349. The van der Waals surface area contributed by atoms with E-state index in [1.165, 1.54) is 6.42 Å². The number of nitrogens with two attached hydrogens (primary N) is 1. The summed E-state index contributed by atoms with van der Waals surface area (Å²) in [5.41, 5.74) is 7.83. The number of hydrogen-bond donors (Lipinski definition) is 2. The normalized spacial score (nSPS) is 19.9. The van der Waals surface area contributed by atoms with Crippen LogP contribution in [-0.4, -0.2) is 17.8 Å². The Balaban J connectivity index is 1.91. The summed E-state index contributed by atoms with van der Waals surface area (Å²) in [6.07, 6.45) is 5.41. The van der Waals surface area contributed by atoms with Gasteiger partial charge < -0.3 is 11.1 Å². The van der Waals surface area contributed by atoms with Crippen molar-refractivity contribution in [2.24, 2.45) is 10.7 Å². The molecule has 0 saturated heterocycles. The molecule has 2 aliphatic rings. The molecule has 0 radical (unpaired) electrons. The van der Waals surface area contributed by atoms with Crippen LogP contribution >= 0.6 is 0 Å². The largest absolute Gasteiger partial charge is 0.383 e. The molecule has 0 bridgehead atoms. The molecule has 1 saturated carbocycles. The SMILES string of the molecule is N#C/C(C(=O)NC1CCCCC1)=C1\N=C(N)c2ccccc21. The topological polar surface area (TPSA) is 91.3 Å². The molecule has 0 unspecified atom stereocenters. The fourth-order valence-electron chi connectivity index (χ4n) is 3.06. The molecule has 112 valence electrons. The third-order valence-electron chi connectivity index (χ3n) is 4.21. The van der Waals surface area contributed by atoms with Gasteiger partial charge in [0.2, 0.25) is 0 Å². The van der Waals surface area contributed by atoms with Crippen LogP contribution in [-0.2, 0) is 4.79 Å². The number of amides is 1. The van der Waals surface area contributed by atoms with E-state index >= 15 is 0 Å². The fraction of sp³-hybridized carbons (Fsp3) is 0.353. The molecule has 5 nitrogen and oxygen atoms in total. The number of rotatable bonds is 2. The van der Waals surface area contributed by atoms with Crippen LogP contribution in [0.1, 0.15) is 43.2 Å². The first-order chi connectivity index (χ1) is 10.7. The molecule has 1 aromatic rings. The highest BCUT2D eigenvalue weighted by Gasteiger charge is 2.26. The predicted octanol–water partition coefficient (Wildman–Crippen LogP) is 2.09. The van der Waals surface area contributed by atoms with Gasteiger partial charge in [-0.3, -0.25) is 4.79 Å². The lowest BCUT2D eigenvalue weighted by molar-refractivity contribution is -0.117. The Morgan fingerprint density at radius 2 is 1.91 bits per heavy atom. The van der Waals surface area contributed by atoms with Crippen molar-refractivity contribution in [3.8, 4) is 6.07 Å². The van der Waals surface area contributed by atoms with Crippen molar-refractivity contribution < 1.29 is 4.79 Å². The van der Waals surface area contributed by atoms with Crippen LogP contribution in [0, 0.1) is 11.3 Å². The van der Waals surface area contributed by atoms with E-state index in [1.54, 1.807) is 0 Å². The molecule has 0 atom stereocenters. The number of amidine groups is 1. The first-order valence-electron chi connectivity index (χ1n) is 7.60. The maximum atomic E-state index is 12.4. The molecule has 0 spiro atoms. The van der Waals surface area contributed by atoms with E-state index in [0.29, 0.717) is 11.5 Å². The Labute approximate surface area is 129 Å². The first kappa shape index (κ1) is 14.3. The molecule has 1 fully saturated rings. The smallest absolute Gasteiger partial charge is 0.264 e. The molecule has 1 heterocycles. The number of nitrogens with zero attached hydrogens (tertiary/aromatic N) is 2. The molecule has 1 aliphatic heterocycles. The van der Waals surface area contributed by atoms with Crippen molar-refractivity contribution in [3.63, 3.8) is 0 Å². The van der Waals surface area contributed by atoms with Gasteiger partial charge in [0.1, 0.15) is 17.5 Å². The van der Waals surface area contributed by atoms with Crippen LogP contribution in [0.4, 0.5) is 0 Å². The quantitative estimate of drug-likeness (QED) is 0.646. The highest BCUT2D eigenvalue weighted by Crippen LogP contribution is 2.30. The Morgan fingerprint density at radius 1 is 1.23 bits per heavy atom. The lowest BCUT2D eigenvalue weighted by atomic mass is 9.95. The number of aliphatic imine (C=N–C) groups is 1. The zero-order valence-corrected chi connectivity index (χ0v) is 12.3. The number of benzene rings is 1. The molecule has 3 N–H and O–H groups in total. The van der Waals surface area contributed by atoms with Gasteiger partial charge in [-0.25, -0.2) is 4.99 Å². The molecule has 5 heteroatoms. The number of nitriles is 1. The minimum absolute atomic E-state index is 0.0403. The van der Waals surface area contributed by atoms with E-state index in [-0.39, 0.29) is 17.5 Å². The van der Waals surface area contributed by atoms with Crippen molar-refractivity contribution in [2.75, 3.05) is 0 Å². The average molecular weight is 294 g/mol. The monoisotopic (exact) mass is 294 g/mol. The van der Waals surface area contributed by atoms with Gasteiger partial charge in [0.25, 0.3) is 5.91 Å². The maximum Gasteiger partial charge on any atom is 0.264 e. The number of nitrogens with one attached hydrogen (secondary N) is 1. The second-order valence-electron chi connectivity index (χ2n) is 5.69. The average Bonchev–Trinajstić information content (AvgIpc) is 2.87. The summed E-state index contributed by atoms with van der Waals surface area (Å²) in [5.74, 6) is 0.00136. The molecular weight excluding hydrogens is 276 g/mol. The number of fused-ring (bicyclic) bond motifs is 1. The van der Waals surface area contributed by atoms with E-state index in [0.717, 1.165) is 36.8 Å². The highest BCUT2D eigenvalue weighted by atomic mass is 16.1. The molecule has 1 amide bonds. The van der Waals surface area contributed by atoms with Gasteiger partial charge in [-0.2, -0.15) is 5.26 Å². The van der Waals surface area contributed by atoms with Gasteiger partial charge >= 0.3 is 0 Å². The third-order valence-corrected chi connectivity index (χ3v) is 4.21. The van der Waals surface area contributed by atoms with Crippen LogP contribution in [0.5, 0.6) is 0 Å². The van der Waals surface area contributed by atoms with Gasteiger partial charge in [-0.05, 0) is 12.8 Å². The van der Waals surface area contributed by atoms with Crippen LogP contribution in [0.3, 0.4) is 0 Å². The van der Waals surface area contributed by atoms with E-state index in [9.17, 15) is 10.1 Å². The predicted molar refractivity (Wildman–Crippen MR) is 84.7 cm³/mol. The van der Waals surface area contributed by atoms with Crippen molar-refractivity contribution >= 4 is 17.4 Å². The molecule has 1 aromatic carbocycles. The van der Waals surface area contributed by atoms with Crippen molar-refractivity contribution in [3.05, 3.63) is 41.0 Å². The minimum Gasteiger partial charge on any atom is -0.383 e. The lowest BCUT2D eigenvalue weighted by Gasteiger charge is -2.22.